The summed E-state index contributed by atoms with van der Waals surface area (Å²) < 4.78 is 0. The Morgan fingerprint density at radius 3 is 2.33 bits per heavy atom. The van der Waals surface area contributed by atoms with E-state index in [0.29, 0.717) is 6.04 Å². The van der Waals surface area contributed by atoms with E-state index in [-0.39, 0.29) is 5.41 Å². The number of halogens is 1. The minimum atomic E-state index is 0.213. The predicted molar refractivity (Wildman–Crippen MR) is 51.4 cm³/mol. The Hall–Kier alpha value is -0.530. The van der Waals surface area contributed by atoms with E-state index in [1.165, 1.54) is 5.56 Å². The molecular weight excluding hydrogens is 170 g/mol. The summed E-state index contributed by atoms with van der Waals surface area (Å²) in [4.78, 5) is 0. The van der Waals surface area contributed by atoms with Gasteiger partial charge in [-0.1, -0.05) is 30.7 Å². The monoisotopic (exact) mass is 181 g/mol. The fraction of sp³-hybridized carbons (Fsp3) is 0.400. The maximum absolute atomic E-state index is 5.84. The Labute approximate surface area is 77.5 Å². The van der Waals surface area contributed by atoms with E-state index in [0.717, 1.165) is 11.4 Å². The molecule has 2 N–H and O–H groups in total. The first-order valence-electron chi connectivity index (χ1n) is 4.14. The Morgan fingerprint density at radius 1 is 1.42 bits per heavy atom. The van der Waals surface area contributed by atoms with Crippen LogP contribution in [0.2, 0.25) is 5.02 Å². The zero-order valence-electron chi connectivity index (χ0n) is 7.05. The third kappa shape index (κ3) is 1.13. The maximum Gasteiger partial charge on any atom is 0.0406 e. The average molecular weight is 182 g/mol. The lowest BCUT2D eigenvalue weighted by Gasteiger charge is -2.09. The van der Waals surface area contributed by atoms with Crippen LogP contribution in [0, 0.1) is 0 Å². The van der Waals surface area contributed by atoms with Gasteiger partial charge in [-0.2, -0.15) is 0 Å². The summed E-state index contributed by atoms with van der Waals surface area (Å²) in [5.41, 5.74) is 7.36. The van der Waals surface area contributed by atoms with Crippen LogP contribution in [-0.4, -0.2) is 6.04 Å². The third-order valence-electron chi connectivity index (χ3n) is 2.81. The first kappa shape index (κ1) is 8.09. The second kappa shape index (κ2) is 2.48. The molecule has 1 aliphatic rings. The van der Waals surface area contributed by atoms with Crippen molar-refractivity contribution in [3.63, 3.8) is 0 Å². The zero-order valence-corrected chi connectivity index (χ0v) is 7.81. The minimum absolute atomic E-state index is 0.213. The van der Waals surface area contributed by atoms with E-state index >= 15 is 0 Å². The average Bonchev–Trinajstić information content (AvgIpc) is 2.62. The van der Waals surface area contributed by atoms with E-state index in [9.17, 15) is 0 Å². The van der Waals surface area contributed by atoms with Crippen molar-refractivity contribution in [3.05, 3.63) is 34.9 Å². The standard InChI is InChI=1S/C10H12ClN/c1-10(6-9(10)12)7-2-4-8(11)5-3-7/h2-5,9H,6,12H2,1H3/t9-,10-/m1/s1. The van der Waals surface area contributed by atoms with Crippen LogP contribution >= 0.6 is 11.6 Å². The smallest absolute Gasteiger partial charge is 0.0406 e. The quantitative estimate of drug-likeness (QED) is 0.707. The lowest BCUT2D eigenvalue weighted by atomic mass is 9.98. The van der Waals surface area contributed by atoms with Crippen molar-refractivity contribution in [2.24, 2.45) is 5.73 Å². The van der Waals surface area contributed by atoms with Gasteiger partial charge in [-0.25, -0.2) is 0 Å². The van der Waals surface area contributed by atoms with Crippen LogP contribution in [0.1, 0.15) is 18.9 Å². The second-order valence-electron chi connectivity index (χ2n) is 3.73. The molecular formula is C10H12ClN. The van der Waals surface area contributed by atoms with Crippen LogP contribution in [-0.2, 0) is 5.41 Å². The Balaban J connectivity index is 2.31. The summed E-state index contributed by atoms with van der Waals surface area (Å²) in [7, 11) is 0. The van der Waals surface area contributed by atoms with Gasteiger partial charge in [0.05, 0.1) is 0 Å². The van der Waals surface area contributed by atoms with Crippen molar-refractivity contribution < 1.29 is 0 Å². The van der Waals surface area contributed by atoms with Gasteiger partial charge in [0.15, 0.2) is 0 Å². The molecule has 2 atom stereocenters. The molecule has 12 heavy (non-hydrogen) atoms. The second-order valence-corrected chi connectivity index (χ2v) is 4.17. The van der Waals surface area contributed by atoms with Gasteiger partial charge in [0.2, 0.25) is 0 Å². The Morgan fingerprint density at radius 2 is 1.92 bits per heavy atom. The van der Waals surface area contributed by atoms with Crippen LogP contribution in [0.4, 0.5) is 0 Å². The van der Waals surface area contributed by atoms with Gasteiger partial charge < -0.3 is 5.73 Å². The molecule has 0 radical (unpaired) electrons. The van der Waals surface area contributed by atoms with Gasteiger partial charge in [0.25, 0.3) is 0 Å². The van der Waals surface area contributed by atoms with Crippen molar-refractivity contribution >= 4 is 11.6 Å². The zero-order chi connectivity index (χ0) is 8.77. The van der Waals surface area contributed by atoms with E-state index < -0.39 is 0 Å². The van der Waals surface area contributed by atoms with E-state index in [1.54, 1.807) is 0 Å². The van der Waals surface area contributed by atoms with E-state index in [4.69, 9.17) is 17.3 Å². The Kier molecular flexibility index (Phi) is 1.67. The van der Waals surface area contributed by atoms with E-state index in [1.807, 2.05) is 12.1 Å². The molecule has 1 aromatic carbocycles. The fourth-order valence-electron chi connectivity index (χ4n) is 1.56. The highest BCUT2D eigenvalue weighted by molar-refractivity contribution is 6.30. The first-order chi connectivity index (χ1) is 5.63. The molecule has 0 aliphatic heterocycles. The van der Waals surface area contributed by atoms with Crippen LogP contribution in [0.25, 0.3) is 0 Å². The third-order valence-corrected chi connectivity index (χ3v) is 3.06. The molecule has 0 unspecified atom stereocenters. The minimum Gasteiger partial charge on any atom is -0.327 e. The van der Waals surface area contributed by atoms with Gasteiger partial charge in [-0.05, 0) is 24.1 Å². The molecule has 1 aromatic rings. The van der Waals surface area contributed by atoms with Gasteiger partial charge in [-0.15, -0.1) is 0 Å². The molecule has 64 valence electrons. The van der Waals surface area contributed by atoms with Crippen molar-refractivity contribution in [1.29, 1.82) is 0 Å². The maximum atomic E-state index is 5.84. The number of benzene rings is 1. The molecule has 2 rings (SSSR count). The lowest BCUT2D eigenvalue weighted by Crippen LogP contribution is -2.14. The molecule has 0 bridgehead atoms. The van der Waals surface area contributed by atoms with Gasteiger partial charge >= 0.3 is 0 Å². The molecule has 1 saturated carbocycles. The van der Waals surface area contributed by atoms with Crippen LogP contribution in [0.15, 0.2) is 24.3 Å². The van der Waals surface area contributed by atoms with Crippen molar-refractivity contribution in [1.82, 2.24) is 0 Å². The van der Waals surface area contributed by atoms with Crippen LogP contribution < -0.4 is 5.73 Å². The first-order valence-corrected chi connectivity index (χ1v) is 4.52. The molecule has 0 amide bonds. The fourth-order valence-corrected chi connectivity index (χ4v) is 1.69. The molecule has 1 aliphatic carbocycles. The number of rotatable bonds is 1. The van der Waals surface area contributed by atoms with Crippen molar-refractivity contribution in [2.45, 2.75) is 24.8 Å². The van der Waals surface area contributed by atoms with Gasteiger partial charge in [-0.3, -0.25) is 0 Å². The normalized spacial score (nSPS) is 33.4. The van der Waals surface area contributed by atoms with Crippen molar-refractivity contribution in [3.8, 4) is 0 Å². The highest BCUT2D eigenvalue weighted by atomic mass is 35.5. The molecule has 1 nitrogen and oxygen atoms in total. The number of hydrogen-bond acceptors (Lipinski definition) is 1. The molecule has 0 aromatic heterocycles. The molecule has 1 fully saturated rings. The Bertz CT molecular complexity index is 293. The summed E-state index contributed by atoms with van der Waals surface area (Å²) in [6, 6.07) is 8.31. The summed E-state index contributed by atoms with van der Waals surface area (Å²) in [6.07, 6.45) is 1.09. The van der Waals surface area contributed by atoms with Crippen molar-refractivity contribution in [2.75, 3.05) is 0 Å². The SMILES string of the molecule is C[C@]1(c2ccc(Cl)cc2)C[C@H]1N. The predicted octanol–water partition coefficient (Wildman–Crippen LogP) is 2.33. The number of nitrogens with two attached hydrogens (primary N) is 1. The largest absolute Gasteiger partial charge is 0.327 e. The molecule has 2 heteroatoms. The molecule has 0 heterocycles. The van der Waals surface area contributed by atoms with Crippen LogP contribution in [0.3, 0.4) is 0 Å². The number of hydrogen-bond donors (Lipinski definition) is 1. The summed E-state index contributed by atoms with van der Waals surface area (Å²) in [6.45, 7) is 2.20. The highest BCUT2D eigenvalue weighted by Gasteiger charge is 2.48. The van der Waals surface area contributed by atoms with Gasteiger partial charge in [0, 0.05) is 16.5 Å². The summed E-state index contributed by atoms with van der Waals surface area (Å²) >= 11 is 5.79. The van der Waals surface area contributed by atoms with Gasteiger partial charge in [0.1, 0.15) is 0 Å². The lowest BCUT2D eigenvalue weighted by molar-refractivity contribution is 0.741. The topological polar surface area (TPSA) is 26.0 Å². The summed E-state index contributed by atoms with van der Waals surface area (Å²) in [5, 5.41) is 0.788. The summed E-state index contributed by atoms with van der Waals surface area (Å²) in [5.74, 6) is 0. The van der Waals surface area contributed by atoms with Crippen LogP contribution in [0.5, 0.6) is 0 Å². The molecule has 0 spiro atoms. The molecule has 0 saturated heterocycles. The highest BCUT2D eigenvalue weighted by Crippen LogP contribution is 2.46. The van der Waals surface area contributed by atoms with E-state index in [2.05, 4.69) is 19.1 Å².